The second kappa shape index (κ2) is 8.02. The van der Waals surface area contributed by atoms with Crippen molar-refractivity contribution in [2.75, 3.05) is 31.1 Å². The van der Waals surface area contributed by atoms with E-state index in [-0.39, 0.29) is 5.91 Å². The fourth-order valence-corrected chi connectivity index (χ4v) is 3.65. The first-order chi connectivity index (χ1) is 13.7. The molecule has 2 aromatic carbocycles. The van der Waals surface area contributed by atoms with Crippen molar-refractivity contribution in [2.24, 2.45) is 0 Å². The van der Waals surface area contributed by atoms with E-state index in [0.29, 0.717) is 18.8 Å². The summed E-state index contributed by atoms with van der Waals surface area (Å²) in [5, 5.41) is 8.95. The van der Waals surface area contributed by atoms with Gasteiger partial charge in [-0.2, -0.15) is 0 Å². The molecule has 2 heterocycles. The molecule has 1 aromatic heterocycles. The summed E-state index contributed by atoms with van der Waals surface area (Å²) in [5.41, 5.74) is 3.53. The molecular formula is C21H22ClN5O. The van der Waals surface area contributed by atoms with Crippen LogP contribution in [0.1, 0.15) is 23.0 Å². The second-order valence-electron chi connectivity index (χ2n) is 6.80. The number of carbonyl (C=O) groups excluding carboxylic acids is 1. The van der Waals surface area contributed by atoms with Gasteiger partial charge in [0.25, 0.3) is 5.91 Å². The fourth-order valence-electron chi connectivity index (χ4n) is 3.39. The molecule has 1 aliphatic heterocycles. The van der Waals surface area contributed by atoms with Crippen molar-refractivity contribution in [2.45, 2.75) is 13.3 Å². The smallest absolute Gasteiger partial charge is 0.276 e. The zero-order valence-corrected chi connectivity index (χ0v) is 16.5. The lowest BCUT2D eigenvalue weighted by Crippen LogP contribution is -2.49. The van der Waals surface area contributed by atoms with E-state index in [1.54, 1.807) is 10.9 Å². The summed E-state index contributed by atoms with van der Waals surface area (Å²) in [6, 6.07) is 15.9. The monoisotopic (exact) mass is 395 g/mol. The first-order valence-corrected chi connectivity index (χ1v) is 9.84. The van der Waals surface area contributed by atoms with Gasteiger partial charge in [0, 0.05) is 26.2 Å². The van der Waals surface area contributed by atoms with Crippen LogP contribution in [0.4, 0.5) is 5.69 Å². The maximum Gasteiger partial charge on any atom is 0.276 e. The molecule has 0 aliphatic carbocycles. The van der Waals surface area contributed by atoms with Gasteiger partial charge in [0.15, 0.2) is 5.69 Å². The molecule has 0 saturated carbocycles. The largest absolute Gasteiger partial charge is 0.367 e. The van der Waals surface area contributed by atoms with Crippen LogP contribution in [0.5, 0.6) is 0 Å². The normalized spacial score (nSPS) is 14.4. The van der Waals surface area contributed by atoms with Crippen molar-refractivity contribution in [1.29, 1.82) is 0 Å². The minimum absolute atomic E-state index is 0.0877. The number of hydrogen-bond donors (Lipinski definition) is 0. The van der Waals surface area contributed by atoms with Crippen LogP contribution in [0, 0.1) is 0 Å². The molecule has 144 valence electrons. The SMILES string of the molecule is CCc1ccc(-n2cc(C(=O)N3CCN(c4ccccc4Cl)CC3)nn2)cc1. The minimum atomic E-state index is -0.0877. The van der Waals surface area contributed by atoms with Crippen LogP contribution < -0.4 is 4.90 Å². The predicted octanol–water partition coefficient (Wildman–Crippen LogP) is 3.45. The molecule has 3 aromatic rings. The number of rotatable bonds is 4. The summed E-state index contributed by atoms with van der Waals surface area (Å²) in [7, 11) is 0. The van der Waals surface area contributed by atoms with Crippen molar-refractivity contribution in [3.8, 4) is 5.69 Å². The number of halogens is 1. The Hall–Kier alpha value is -2.86. The average Bonchev–Trinajstić information content (AvgIpc) is 3.24. The van der Waals surface area contributed by atoms with Gasteiger partial charge in [0.05, 0.1) is 22.6 Å². The molecule has 0 radical (unpaired) electrons. The standard InChI is InChI=1S/C21H22ClN5O/c1-2-16-7-9-17(10-8-16)27-15-19(23-24-27)21(28)26-13-11-25(12-14-26)20-6-4-3-5-18(20)22/h3-10,15H,2,11-14H2,1H3. The molecule has 0 unspecified atom stereocenters. The Bertz CT molecular complexity index is 961. The highest BCUT2D eigenvalue weighted by molar-refractivity contribution is 6.33. The number of amides is 1. The maximum absolute atomic E-state index is 12.8. The highest BCUT2D eigenvalue weighted by atomic mass is 35.5. The van der Waals surface area contributed by atoms with E-state index < -0.39 is 0 Å². The van der Waals surface area contributed by atoms with Crippen molar-refractivity contribution in [1.82, 2.24) is 19.9 Å². The van der Waals surface area contributed by atoms with Crippen LogP contribution in [0.25, 0.3) is 5.69 Å². The number of hydrogen-bond acceptors (Lipinski definition) is 4. The number of piperazine rings is 1. The van der Waals surface area contributed by atoms with E-state index in [0.717, 1.165) is 35.9 Å². The van der Waals surface area contributed by atoms with Crippen LogP contribution in [0.3, 0.4) is 0 Å². The molecule has 0 N–H and O–H groups in total. The molecule has 0 spiro atoms. The predicted molar refractivity (Wildman–Crippen MR) is 110 cm³/mol. The lowest BCUT2D eigenvalue weighted by molar-refractivity contribution is 0.0741. The Morgan fingerprint density at radius 2 is 1.75 bits per heavy atom. The maximum atomic E-state index is 12.8. The molecule has 7 heteroatoms. The number of anilines is 1. The molecule has 4 rings (SSSR count). The van der Waals surface area contributed by atoms with E-state index in [2.05, 4.69) is 34.3 Å². The fraction of sp³-hybridized carbons (Fsp3) is 0.286. The summed E-state index contributed by atoms with van der Waals surface area (Å²) in [4.78, 5) is 16.8. The van der Waals surface area contributed by atoms with Crippen LogP contribution in [-0.2, 0) is 6.42 Å². The molecule has 1 amide bonds. The lowest BCUT2D eigenvalue weighted by Gasteiger charge is -2.36. The third-order valence-electron chi connectivity index (χ3n) is 5.08. The van der Waals surface area contributed by atoms with Crippen LogP contribution in [0.15, 0.2) is 54.7 Å². The van der Waals surface area contributed by atoms with E-state index >= 15 is 0 Å². The molecule has 6 nitrogen and oxygen atoms in total. The van der Waals surface area contributed by atoms with Gasteiger partial charge in [-0.3, -0.25) is 4.79 Å². The van der Waals surface area contributed by atoms with Crippen molar-refractivity contribution in [3.05, 3.63) is 71.0 Å². The molecule has 0 bridgehead atoms. The zero-order valence-electron chi connectivity index (χ0n) is 15.8. The molecule has 0 atom stereocenters. The van der Waals surface area contributed by atoms with Gasteiger partial charge < -0.3 is 9.80 Å². The van der Waals surface area contributed by atoms with Gasteiger partial charge in [-0.05, 0) is 36.2 Å². The number of aryl methyl sites for hydroxylation is 1. The number of nitrogens with zero attached hydrogens (tertiary/aromatic N) is 5. The third kappa shape index (κ3) is 3.73. The molecule has 1 fully saturated rings. The Morgan fingerprint density at radius 3 is 2.43 bits per heavy atom. The quantitative estimate of drug-likeness (QED) is 0.679. The number of aromatic nitrogens is 3. The van der Waals surface area contributed by atoms with E-state index in [9.17, 15) is 4.79 Å². The first-order valence-electron chi connectivity index (χ1n) is 9.46. The lowest BCUT2D eigenvalue weighted by atomic mass is 10.1. The van der Waals surface area contributed by atoms with Gasteiger partial charge in [-0.15, -0.1) is 5.10 Å². The summed E-state index contributed by atoms with van der Waals surface area (Å²) < 4.78 is 1.65. The van der Waals surface area contributed by atoms with Gasteiger partial charge in [-0.1, -0.05) is 48.0 Å². The Morgan fingerprint density at radius 1 is 1.04 bits per heavy atom. The highest BCUT2D eigenvalue weighted by Crippen LogP contribution is 2.26. The first kappa shape index (κ1) is 18.5. The second-order valence-corrected chi connectivity index (χ2v) is 7.21. The highest BCUT2D eigenvalue weighted by Gasteiger charge is 2.25. The topological polar surface area (TPSA) is 54.3 Å². The van der Waals surface area contributed by atoms with E-state index in [1.807, 2.05) is 41.3 Å². The van der Waals surface area contributed by atoms with Gasteiger partial charge >= 0.3 is 0 Å². The molecule has 1 aliphatic rings. The number of para-hydroxylation sites is 1. The van der Waals surface area contributed by atoms with Crippen LogP contribution >= 0.6 is 11.6 Å². The van der Waals surface area contributed by atoms with Gasteiger partial charge in [-0.25, -0.2) is 4.68 Å². The van der Waals surface area contributed by atoms with Gasteiger partial charge in [0.1, 0.15) is 0 Å². The summed E-state index contributed by atoms with van der Waals surface area (Å²) in [6.45, 7) is 4.85. The number of benzene rings is 2. The zero-order chi connectivity index (χ0) is 19.5. The summed E-state index contributed by atoms with van der Waals surface area (Å²) >= 11 is 6.29. The van der Waals surface area contributed by atoms with Crippen molar-refractivity contribution in [3.63, 3.8) is 0 Å². The van der Waals surface area contributed by atoms with Crippen LogP contribution in [-0.4, -0.2) is 52.0 Å². The molecule has 1 saturated heterocycles. The third-order valence-corrected chi connectivity index (χ3v) is 5.40. The minimum Gasteiger partial charge on any atom is -0.367 e. The molecular weight excluding hydrogens is 374 g/mol. The van der Waals surface area contributed by atoms with E-state index in [4.69, 9.17) is 11.6 Å². The summed E-state index contributed by atoms with van der Waals surface area (Å²) in [5.74, 6) is -0.0877. The van der Waals surface area contributed by atoms with Crippen molar-refractivity contribution < 1.29 is 4.79 Å². The summed E-state index contributed by atoms with van der Waals surface area (Å²) in [6.07, 6.45) is 2.69. The van der Waals surface area contributed by atoms with Crippen LogP contribution in [0.2, 0.25) is 5.02 Å². The Kier molecular flexibility index (Phi) is 5.30. The van der Waals surface area contributed by atoms with Crippen molar-refractivity contribution >= 4 is 23.2 Å². The molecule has 28 heavy (non-hydrogen) atoms. The average molecular weight is 396 g/mol. The van der Waals surface area contributed by atoms with Gasteiger partial charge in [0.2, 0.25) is 0 Å². The Balaban J connectivity index is 1.42. The van der Waals surface area contributed by atoms with E-state index in [1.165, 1.54) is 5.56 Å². The number of carbonyl (C=O) groups is 1. The Labute approximate surface area is 169 Å².